The minimum atomic E-state index is -4.39. The Balaban J connectivity index is 1.41. The Hall–Kier alpha value is -1.67. The van der Waals surface area contributed by atoms with Crippen LogP contribution in [0, 0.1) is 0 Å². The van der Waals surface area contributed by atoms with E-state index >= 15 is 0 Å². The molecule has 2 aromatic rings. The minimum Gasteiger partial charge on any atom is -0.362 e. The van der Waals surface area contributed by atoms with E-state index in [1.165, 1.54) is 12.3 Å². The monoisotopic (exact) mass is 412 g/mol. The number of piperazine rings is 1. The van der Waals surface area contributed by atoms with E-state index in [4.69, 9.17) is 0 Å². The molecule has 4 nitrogen and oxygen atoms in total. The van der Waals surface area contributed by atoms with Crippen LogP contribution in [0.15, 0.2) is 41.1 Å². The summed E-state index contributed by atoms with van der Waals surface area (Å²) in [5.41, 5.74) is 0.952. The largest absolute Gasteiger partial charge is 0.433 e. The molecule has 5 heterocycles. The van der Waals surface area contributed by atoms with Crippen LogP contribution in [0.4, 0.5) is 18.9 Å². The number of alkyl halides is 3. The van der Waals surface area contributed by atoms with E-state index in [0.29, 0.717) is 12.1 Å². The van der Waals surface area contributed by atoms with Crippen molar-refractivity contribution >= 4 is 21.6 Å². The van der Waals surface area contributed by atoms with E-state index in [0.717, 1.165) is 48.0 Å². The number of pyridine rings is 2. The van der Waals surface area contributed by atoms with Gasteiger partial charge in [-0.25, -0.2) is 4.98 Å². The third-order valence-corrected chi connectivity index (χ3v) is 5.25. The standard InChI is InChI=1S/C17H16BrF3N4/c18-11-1-2-12(22-6-11)8-24-9-14-5-15(10-24)25(14)13-3-4-16(23-7-13)17(19,20)21/h1-4,6-7,14-15H,5,8-10H2. The van der Waals surface area contributed by atoms with Gasteiger partial charge in [-0.3, -0.25) is 9.88 Å². The second-order valence-corrected chi connectivity index (χ2v) is 7.43. The smallest absolute Gasteiger partial charge is 0.362 e. The first-order valence-corrected chi connectivity index (χ1v) is 8.84. The van der Waals surface area contributed by atoms with Gasteiger partial charge in [0.1, 0.15) is 5.69 Å². The highest BCUT2D eigenvalue weighted by molar-refractivity contribution is 9.10. The summed E-state index contributed by atoms with van der Waals surface area (Å²) in [6, 6.07) is 7.23. The van der Waals surface area contributed by atoms with Crippen LogP contribution in [0.5, 0.6) is 0 Å². The van der Waals surface area contributed by atoms with Crippen LogP contribution in [0.25, 0.3) is 0 Å². The first-order chi connectivity index (χ1) is 11.9. The number of aromatic nitrogens is 2. The van der Waals surface area contributed by atoms with Crippen LogP contribution in [0.3, 0.4) is 0 Å². The van der Waals surface area contributed by atoms with Gasteiger partial charge in [-0.15, -0.1) is 0 Å². The lowest BCUT2D eigenvalue weighted by atomic mass is 9.86. The van der Waals surface area contributed by atoms with Crippen LogP contribution in [0.1, 0.15) is 17.8 Å². The van der Waals surface area contributed by atoms with E-state index in [1.54, 1.807) is 6.20 Å². The summed E-state index contributed by atoms with van der Waals surface area (Å²) in [4.78, 5) is 12.5. The highest BCUT2D eigenvalue weighted by atomic mass is 79.9. The molecule has 132 valence electrons. The predicted octanol–water partition coefficient (Wildman–Crippen LogP) is 3.72. The summed E-state index contributed by atoms with van der Waals surface area (Å²) >= 11 is 3.38. The number of rotatable bonds is 3. The summed E-state index contributed by atoms with van der Waals surface area (Å²) in [5, 5.41) is 0. The fraction of sp³-hybridized carbons (Fsp3) is 0.412. The Kier molecular flexibility index (Phi) is 4.19. The van der Waals surface area contributed by atoms with Gasteiger partial charge in [0.15, 0.2) is 0 Å². The van der Waals surface area contributed by atoms with Crippen molar-refractivity contribution < 1.29 is 13.2 Å². The topological polar surface area (TPSA) is 32.3 Å². The molecule has 0 N–H and O–H groups in total. The Labute approximate surface area is 151 Å². The Bertz CT molecular complexity index is 736. The molecular weight excluding hydrogens is 397 g/mol. The minimum absolute atomic E-state index is 0.327. The number of hydrogen-bond donors (Lipinski definition) is 0. The van der Waals surface area contributed by atoms with Crippen molar-refractivity contribution in [1.29, 1.82) is 0 Å². The first kappa shape index (κ1) is 16.8. The van der Waals surface area contributed by atoms with Crippen molar-refractivity contribution in [3.63, 3.8) is 0 Å². The van der Waals surface area contributed by atoms with Gasteiger partial charge in [-0.1, -0.05) is 0 Å². The normalized spacial score (nSPS) is 23.4. The molecule has 3 fully saturated rings. The van der Waals surface area contributed by atoms with E-state index in [1.807, 2.05) is 12.1 Å². The van der Waals surface area contributed by atoms with Gasteiger partial charge in [0, 0.05) is 42.4 Å². The van der Waals surface area contributed by atoms with Crippen molar-refractivity contribution in [3.05, 3.63) is 52.5 Å². The predicted molar refractivity (Wildman–Crippen MR) is 91.1 cm³/mol. The molecule has 0 saturated carbocycles. The van der Waals surface area contributed by atoms with E-state index in [2.05, 4.69) is 35.7 Å². The van der Waals surface area contributed by atoms with Crippen molar-refractivity contribution in [2.45, 2.75) is 31.2 Å². The first-order valence-electron chi connectivity index (χ1n) is 8.04. The van der Waals surface area contributed by atoms with Crippen molar-refractivity contribution in [1.82, 2.24) is 14.9 Å². The average molecular weight is 413 g/mol. The summed E-state index contributed by atoms with van der Waals surface area (Å²) in [5.74, 6) is 0. The fourth-order valence-electron chi connectivity index (χ4n) is 3.68. The average Bonchev–Trinajstić information content (AvgIpc) is 2.57. The lowest BCUT2D eigenvalue weighted by molar-refractivity contribution is -0.141. The van der Waals surface area contributed by atoms with Crippen molar-refractivity contribution in [2.24, 2.45) is 0 Å². The van der Waals surface area contributed by atoms with Crippen LogP contribution in [-0.4, -0.2) is 40.0 Å². The van der Waals surface area contributed by atoms with Gasteiger partial charge < -0.3 is 4.90 Å². The highest BCUT2D eigenvalue weighted by Gasteiger charge is 2.45. The quantitative estimate of drug-likeness (QED) is 0.768. The summed E-state index contributed by atoms with van der Waals surface area (Å²) in [7, 11) is 0. The van der Waals surface area contributed by atoms with Crippen molar-refractivity contribution in [3.8, 4) is 0 Å². The van der Waals surface area contributed by atoms with Gasteiger partial charge in [0.05, 0.1) is 17.6 Å². The molecule has 3 aliphatic rings. The lowest BCUT2D eigenvalue weighted by Gasteiger charge is -2.57. The summed E-state index contributed by atoms with van der Waals surface area (Å²) in [6.45, 7) is 2.56. The Morgan fingerprint density at radius 3 is 2.36 bits per heavy atom. The second kappa shape index (κ2) is 6.25. The maximum absolute atomic E-state index is 12.6. The van der Waals surface area contributed by atoms with E-state index < -0.39 is 11.9 Å². The molecule has 0 radical (unpaired) electrons. The zero-order chi connectivity index (χ0) is 17.6. The van der Waals surface area contributed by atoms with Crippen LogP contribution in [0.2, 0.25) is 0 Å². The van der Waals surface area contributed by atoms with Crippen LogP contribution in [-0.2, 0) is 12.7 Å². The zero-order valence-corrected chi connectivity index (χ0v) is 14.8. The SMILES string of the molecule is FC(F)(F)c1ccc(N2C3CC2CN(Cc2ccc(Br)cn2)C3)cn1. The molecule has 0 aliphatic carbocycles. The molecule has 2 bridgehead atoms. The number of hydrogen-bond acceptors (Lipinski definition) is 4. The molecule has 2 unspecified atom stereocenters. The number of halogens is 4. The van der Waals surface area contributed by atoms with Gasteiger partial charge in [0.25, 0.3) is 0 Å². The molecule has 25 heavy (non-hydrogen) atoms. The molecule has 5 rings (SSSR count). The molecule has 2 atom stereocenters. The lowest BCUT2D eigenvalue weighted by Crippen LogP contribution is -2.68. The van der Waals surface area contributed by atoms with Gasteiger partial charge >= 0.3 is 6.18 Å². The molecule has 0 spiro atoms. The summed E-state index contributed by atoms with van der Waals surface area (Å²) in [6.07, 6.45) is -0.183. The maximum atomic E-state index is 12.6. The Morgan fingerprint density at radius 2 is 1.80 bits per heavy atom. The van der Waals surface area contributed by atoms with Gasteiger partial charge in [-0.2, -0.15) is 13.2 Å². The molecular formula is C17H16BrF3N4. The molecule has 0 aromatic carbocycles. The van der Waals surface area contributed by atoms with Gasteiger partial charge in [0.2, 0.25) is 0 Å². The third kappa shape index (κ3) is 3.37. The van der Waals surface area contributed by atoms with E-state index in [-0.39, 0.29) is 0 Å². The van der Waals surface area contributed by atoms with Crippen LogP contribution >= 0.6 is 15.9 Å². The zero-order valence-electron chi connectivity index (χ0n) is 13.2. The Morgan fingerprint density at radius 1 is 1.04 bits per heavy atom. The number of fused-ring (bicyclic) bond motifs is 2. The third-order valence-electron chi connectivity index (χ3n) is 4.78. The summed E-state index contributed by atoms with van der Waals surface area (Å²) < 4.78 is 38.9. The molecule has 3 saturated heterocycles. The number of anilines is 1. The molecule has 2 aromatic heterocycles. The van der Waals surface area contributed by atoms with Crippen LogP contribution < -0.4 is 4.90 Å². The number of piperidine rings is 1. The van der Waals surface area contributed by atoms with Crippen molar-refractivity contribution in [2.75, 3.05) is 18.0 Å². The number of nitrogens with zero attached hydrogens (tertiary/aromatic N) is 4. The fourth-order valence-corrected chi connectivity index (χ4v) is 3.92. The van der Waals surface area contributed by atoms with Gasteiger partial charge in [-0.05, 0) is 46.6 Å². The second-order valence-electron chi connectivity index (χ2n) is 6.51. The highest BCUT2D eigenvalue weighted by Crippen LogP contribution is 2.38. The molecule has 8 heteroatoms. The maximum Gasteiger partial charge on any atom is 0.433 e. The molecule has 0 amide bonds. The molecule has 3 aliphatic heterocycles. The van der Waals surface area contributed by atoms with E-state index in [9.17, 15) is 13.2 Å².